The van der Waals surface area contributed by atoms with E-state index in [0.29, 0.717) is 0 Å². The Labute approximate surface area is 262 Å². The molecule has 0 spiro atoms. The second-order valence-electron chi connectivity index (χ2n) is 12.1. The van der Waals surface area contributed by atoms with Crippen molar-refractivity contribution in [2.24, 2.45) is 0 Å². The zero-order valence-electron chi connectivity index (χ0n) is 25.5. The van der Waals surface area contributed by atoms with E-state index in [4.69, 9.17) is 11.5 Å². The van der Waals surface area contributed by atoms with Crippen LogP contribution in [0.25, 0.3) is 0 Å². The summed E-state index contributed by atoms with van der Waals surface area (Å²) in [5, 5.41) is 0. The Balaban J connectivity index is 1.01. The van der Waals surface area contributed by atoms with E-state index in [1.165, 1.54) is 61.2 Å². The van der Waals surface area contributed by atoms with Crippen LogP contribution < -0.4 is 11.5 Å². The van der Waals surface area contributed by atoms with Crippen molar-refractivity contribution in [3.05, 3.63) is 201 Å². The quantitative estimate of drug-likeness (QED) is 0.161. The number of hydrogen-bond donors (Lipinski definition) is 2. The number of anilines is 2. The molecule has 0 unspecified atom stereocenters. The van der Waals surface area contributed by atoms with Crippen LogP contribution in [0.3, 0.4) is 0 Å². The second-order valence-corrected chi connectivity index (χ2v) is 12.1. The van der Waals surface area contributed by atoms with Crippen LogP contribution >= 0.6 is 0 Å². The van der Waals surface area contributed by atoms with Gasteiger partial charge in [-0.1, -0.05) is 115 Å². The van der Waals surface area contributed by atoms with Crippen LogP contribution in [0.15, 0.2) is 140 Å². The van der Waals surface area contributed by atoms with Gasteiger partial charge >= 0.3 is 0 Å². The van der Waals surface area contributed by atoms with Crippen molar-refractivity contribution in [1.82, 2.24) is 0 Å². The molecule has 0 bridgehead atoms. The smallest absolute Gasteiger partial charge is 0.0314 e. The Morgan fingerprint density at radius 3 is 0.886 bits per heavy atom. The first-order valence-corrected chi connectivity index (χ1v) is 15.5. The van der Waals surface area contributed by atoms with Crippen LogP contribution in [0.2, 0.25) is 0 Å². The lowest BCUT2D eigenvalue weighted by Crippen LogP contribution is -1.96. The van der Waals surface area contributed by atoms with Crippen molar-refractivity contribution in [3.63, 3.8) is 0 Å². The van der Waals surface area contributed by atoms with E-state index >= 15 is 0 Å². The largest absolute Gasteiger partial charge is 0.399 e. The molecule has 44 heavy (non-hydrogen) atoms. The lowest BCUT2D eigenvalue weighted by molar-refractivity contribution is 1.10. The van der Waals surface area contributed by atoms with E-state index in [2.05, 4.69) is 122 Å². The standard InChI is InChI=1S/C42H40N2/c1-30-24-39(28-35-8-6-33(7-9-35)27-37-17-22-42(44)23-18-37)14-19-40(30)29-38-12-10-34(11-13-38)25-31-2-4-32(5-3-31)26-36-15-20-41(43)21-16-36/h2-24H,25-29,43-44H2,1H3. The number of nitrogens with two attached hydrogens (primary N) is 2. The van der Waals surface area contributed by atoms with Crippen molar-refractivity contribution in [3.8, 4) is 0 Å². The molecular weight excluding hydrogens is 532 g/mol. The summed E-state index contributed by atoms with van der Waals surface area (Å²) in [6.07, 6.45) is 4.69. The van der Waals surface area contributed by atoms with E-state index in [-0.39, 0.29) is 0 Å². The number of rotatable bonds is 10. The van der Waals surface area contributed by atoms with Crippen molar-refractivity contribution in [1.29, 1.82) is 0 Å². The predicted octanol–water partition coefficient (Wildman–Crippen LogP) is 9.11. The SMILES string of the molecule is Cc1cc(Cc2ccc(Cc3ccc(N)cc3)cc2)ccc1Cc1ccc(Cc2ccc(Cc3ccc(N)cc3)cc2)cc1. The zero-order chi connectivity index (χ0) is 30.3. The van der Waals surface area contributed by atoms with E-state index in [1.54, 1.807) is 0 Å². The molecule has 0 heterocycles. The summed E-state index contributed by atoms with van der Waals surface area (Å²) in [6.45, 7) is 2.24. The molecule has 2 heteroatoms. The van der Waals surface area contributed by atoms with Gasteiger partial charge in [-0.25, -0.2) is 0 Å². The fourth-order valence-electron chi connectivity index (χ4n) is 5.82. The Morgan fingerprint density at radius 1 is 0.318 bits per heavy atom. The molecule has 0 atom stereocenters. The van der Waals surface area contributed by atoms with Gasteiger partial charge in [0.05, 0.1) is 0 Å². The van der Waals surface area contributed by atoms with Gasteiger partial charge in [0, 0.05) is 11.4 Å². The van der Waals surface area contributed by atoms with Crippen LogP contribution in [0.5, 0.6) is 0 Å². The first kappa shape index (κ1) is 29.0. The lowest BCUT2D eigenvalue weighted by Gasteiger charge is -2.11. The van der Waals surface area contributed by atoms with Crippen LogP contribution in [-0.4, -0.2) is 0 Å². The summed E-state index contributed by atoms with van der Waals surface area (Å²) >= 11 is 0. The molecule has 218 valence electrons. The molecule has 0 aliphatic carbocycles. The maximum atomic E-state index is 5.82. The second kappa shape index (κ2) is 13.5. The van der Waals surface area contributed by atoms with Gasteiger partial charge in [0.25, 0.3) is 0 Å². The fourth-order valence-corrected chi connectivity index (χ4v) is 5.82. The molecule has 0 aliphatic rings. The summed E-state index contributed by atoms with van der Waals surface area (Å²) in [5.74, 6) is 0. The molecule has 0 aromatic heterocycles. The van der Waals surface area contributed by atoms with Crippen LogP contribution in [0.4, 0.5) is 11.4 Å². The number of nitrogen functional groups attached to an aromatic ring is 2. The Hall–Kier alpha value is -5.08. The summed E-state index contributed by atoms with van der Waals surface area (Å²) in [4.78, 5) is 0. The van der Waals surface area contributed by atoms with E-state index in [0.717, 1.165) is 43.5 Å². The van der Waals surface area contributed by atoms with Crippen LogP contribution in [0, 0.1) is 6.92 Å². The van der Waals surface area contributed by atoms with Gasteiger partial charge in [-0.05, 0) is 124 Å². The number of hydrogen-bond acceptors (Lipinski definition) is 2. The monoisotopic (exact) mass is 572 g/mol. The van der Waals surface area contributed by atoms with E-state index in [1.807, 2.05) is 24.3 Å². The van der Waals surface area contributed by atoms with Crippen molar-refractivity contribution in [2.75, 3.05) is 11.5 Å². The highest BCUT2D eigenvalue weighted by molar-refractivity contribution is 5.43. The highest BCUT2D eigenvalue weighted by atomic mass is 14.5. The van der Waals surface area contributed by atoms with Gasteiger partial charge in [-0.3, -0.25) is 0 Å². The molecule has 0 saturated heterocycles. The minimum absolute atomic E-state index is 0.809. The van der Waals surface area contributed by atoms with Crippen molar-refractivity contribution < 1.29 is 0 Å². The Morgan fingerprint density at radius 2 is 0.568 bits per heavy atom. The summed E-state index contributed by atoms with van der Waals surface area (Å²) in [7, 11) is 0. The van der Waals surface area contributed by atoms with Gasteiger partial charge in [0.15, 0.2) is 0 Å². The summed E-state index contributed by atoms with van der Waals surface area (Å²) < 4.78 is 0. The first-order chi connectivity index (χ1) is 21.4. The first-order valence-electron chi connectivity index (χ1n) is 15.5. The van der Waals surface area contributed by atoms with Crippen molar-refractivity contribution >= 4 is 11.4 Å². The number of benzene rings is 6. The van der Waals surface area contributed by atoms with Crippen LogP contribution in [0.1, 0.15) is 61.2 Å². The topological polar surface area (TPSA) is 52.0 Å². The zero-order valence-corrected chi connectivity index (χ0v) is 25.5. The lowest BCUT2D eigenvalue weighted by atomic mass is 9.94. The highest BCUT2D eigenvalue weighted by Crippen LogP contribution is 2.21. The maximum absolute atomic E-state index is 5.82. The Bertz CT molecular complexity index is 1800. The highest BCUT2D eigenvalue weighted by Gasteiger charge is 2.06. The molecule has 0 amide bonds. The molecule has 2 nitrogen and oxygen atoms in total. The number of aryl methyl sites for hydroxylation is 1. The normalized spacial score (nSPS) is 11.0. The van der Waals surface area contributed by atoms with Gasteiger partial charge < -0.3 is 11.5 Å². The van der Waals surface area contributed by atoms with Gasteiger partial charge in [0.2, 0.25) is 0 Å². The third-order valence-corrected chi connectivity index (χ3v) is 8.46. The third kappa shape index (κ3) is 7.85. The van der Waals surface area contributed by atoms with Gasteiger partial charge in [-0.15, -0.1) is 0 Å². The van der Waals surface area contributed by atoms with Crippen LogP contribution in [-0.2, 0) is 32.1 Å². The molecule has 0 aliphatic heterocycles. The molecule has 0 fully saturated rings. The molecular formula is C42H40N2. The van der Waals surface area contributed by atoms with E-state index in [9.17, 15) is 0 Å². The molecule has 4 N–H and O–H groups in total. The summed E-state index contributed by atoms with van der Waals surface area (Å²) in [5.41, 5.74) is 27.9. The Kier molecular flexibility index (Phi) is 8.89. The molecule has 6 aromatic carbocycles. The molecule has 6 aromatic rings. The fraction of sp³-hybridized carbons (Fsp3) is 0.143. The molecule has 0 radical (unpaired) electrons. The maximum Gasteiger partial charge on any atom is 0.0314 e. The average molecular weight is 573 g/mol. The summed E-state index contributed by atoms with van der Waals surface area (Å²) in [6, 6.07) is 50.3. The average Bonchev–Trinajstić information content (AvgIpc) is 3.04. The molecule has 0 saturated carbocycles. The van der Waals surface area contributed by atoms with E-state index < -0.39 is 0 Å². The predicted molar refractivity (Wildman–Crippen MR) is 186 cm³/mol. The minimum Gasteiger partial charge on any atom is -0.399 e. The van der Waals surface area contributed by atoms with Crippen molar-refractivity contribution in [2.45, 2.75) is 39.0 Å². The molecule has 6 rings (SSSR count). The third-order valence-electron chi connectivity index (χ3n) is 8.46. The minimum atomic E-state index is 0.809. The van der Waals surface area contributed by atoms with Gasteiger partial charge in [-0.2, -0.15) is 0 Å². The van der Waals surface area contributed by atoms with Gasteiger partial charge in [0.1, 0.15) is 0 Å².